The molecule has 1 aromatic rings. The maximum atomic E-state index is 5.96. The fraction of sp³-hybridized carbons (Fsp3) is 0.692. The monoisotopic (exact) mass is 272 g/mol. The van der Waals surface area contributed by atoms with Crippen molar-refractivity contribution in [2.75, 3.05) is 13.1 Å². The molecule has 1 unspecified atom stereocenters. The first-order valence-corrected chi connectivity index (χ1v) is 7.55. The van der Waals surface area contributed by atoms with Crippen molar-refractivity contribution < 1.29 is 0 Å². The van der Waals surface area contributed by atoms with Crippen LogP contribution in [-0.2, 0) is 6.54 Å². The molecule has 1 fully saturated rings. The van der Waals surface area contributed by atoms with Gasteiger partial charge < -0.3 is 5.32 Å². The quantitative estimate of drug-likeness (QED) is 0.904. The Balaban J connectivity index is 1.85. The largest absolute Gasteiger partial charge is 0.311 e. The van der Waals surface area contributed by atoms with E-state index in [1.807, 2.05) is 6.07 Å². The number of likely N-dealkylation sites (tertiary alicyclic amines) is 1. The van der Waals surface area contributed by atoms with E-state index in [4.69, 9.17) is 11.6 Å². The molecule has 0 saturated carbocycles. The second-order valence-electron chi connectivity index (χ2n) is 5.10. The molecule has 0 aromatic carbocycles. The van der Waals surface area contributed by atoms with Gasteiger partial charge in [-0.3, -0.25) is 4.90 Å². The van der Waals surface area contributed by atoms with E-state index in [-0.39, 0.29) is 0 Å². The second-order valence-corrected chi connectivity index (χ2v) is 6.90. The first-order chi connectivity index (χ1) is 8.13. The third-order valence-corrected chi connectivity index (χ3v) is 4.30. The molecule has 96 valence electrons. The van der Waals surface area contributed by atoms with Crippen LogP contribution >= 0.6 is 22.9 Å². The number of thiophene rings is 1. The summed E-state index contributed by atoms with van der Waals surface area (Å²) in [4.78, 5) is 3.91. The third kappa shape index (κ3) is 4.25. The van der Waals surface area contributed by atoms with E-state index in [2.05, 4.69) is 30.1 Å². The van der Waals surface area contributed by atoms with E-state index in [0.717, 1.165) is 17.4 Å². The predicted molar refractivity (Wildman–Crippen MR) is 75.9 cm³/mol. The van der Waals surface area contributed by atoms with Crippen molar-refractivity contribution in [3.05, 3.63) is 21.3 Å². The molecule has 1 saturated heterocycles. The van der Waals surface area contributed by atoms with Crippen LogP contribution in [0.15, 0.2) is 12.1 Å². The van der Waals surface area contributed by atoms with Gasteiger partial charge in [0.1, 0.15) is 0 Å². The van der Waals surface area contributed by atoms with Crippen LogP contribution in [-0.4, -0.2) is 30.1 Å². The average Bonchev–Trinajstić information content (AvgIpc) is 2.63. The van der Waals surface area contributed by atoms with Crippen molar-refractivity contribution in [3.63, 3.8) is 0 Å². The Morgan fingerprint density at radius 1 is 1.53 bits per heavy atom. The molecule has 1 aliphatic heterocycles. The Morgan fingerprint density at radius 2 is 2.35 bits per heavy atom. The summed E-state index contributed by atoms with van der Waals surface area (Å²) in [6, 6.07) is 5.37. The summed E-state index contributed by atoms with van der Waals surface area (Å²) in [7, 11) is 0. The number of nitrogens with zero attached hydrogens (tertiary/aromatic N) is 1. The molecule has 1 aliphatic rings. The normalized spacial score (nSPS) is 22.2. The summed E-state index contributed by atoms with van der Waals surface area (Å²) in [5.41, 5.74) is 0. The van der Waals surface area contributed by atoms with E-state index >= 15 is 0 Å². The van der Waals surface area contributed by atoms with E-state index in [9.17, 15) is 0 Å². The van der Waals surface area contributed by atoms with Gasteiger partial charge in [0, 0.05) is 30.1 Å². The molecule has 1 aromatic heterocycles. The van der Waals surface area contributed by atoms with E-state index < -0.39 is 0 Å². The Labute approximate surface area is 113 Å². The molecule has 0 bridgehead atoms. The molecule has 0 spiro atoms. The van der Waals surface area contributed by atoms with Gasteiger partial charge in [0.05, 0.1) is 4.34 Å². The van der Waals surface area contributed by atoms with Crippen molar-refractivity contribution in [2.24, 2.45) is 0 Å². The zero-order chi connectivity index (χ0) is 12.3. The van der Waals surface area contributed by atoms with Crippen LogP contribution in [0.2, 0.25) is 4.34 Å². The number of piperidine rings is 1. The highest BCUT2D eigenvalue weighted by Gasteiger charge is 2.20. The van der Waals surface area contributed by atoms with Crippen LogP contribution in [0.1, 0.15) is 31.6 Å². The van der Waals surface area contributed by atoms with Crippen molar-refractivity contribution in [3.8, 4) is 0 Å². The summed E-state index contributed by atoms with van der Waals surface area (Å²) in [5.74, 6) is 0. The molecule has 2 rings (SSSR count). The van der Waals surface area contributed by atoms with E-state index in [1.165, 1.54) is 24.3 Å². The lowest BCUT2D eigenvalue weighted by molar-refractivity contribution is 0.180. The van der Waals surface area contributed by atoms with Gasteiger partial charge in [0.25, 0.3) is 0 Å². The number of hydrogen-bond acceptors (Lipinski definition) is 3. The molecule has 1 N–H and O–H groups in total. The van der Waals surface area contributed by atoms with Gasteiger partial charge in [-0.1, -0.05) is 25.4 Å². The lowest BCUT2D eigenvalue weighted by Gasteiger charge is -2.34. The fourth-order valence-electron chi connectivity index (χ4n) is 2.46. The lowest BCUT2D eigenvalue weighted by Crippen LogP contribution is -2.47. The third-order valence-electron chi connectivity index (χ3n) is 3.08. The predicted octanol–water partition coefficient (Wildman–Crippen LogP) is 3.36. The SMILES string of the molecule is CC(C)NC1CCCN(Cc2ccc(Cl)s2)C1. The lowest BCUT2D eigenvalue weighted by atomic mass is 10.0. The number of hydrogen-bond donors (Lipinski definition) is 1. The van der Waals surface area contributed by atoms with Crippen molar-refractivity contribution in [1.82, 2.24) is 10.2 Å². The summed E-state index contributed by atoms with van der Waals surface area (Å²) >= 11 is 7.66. The van der Waals surface area contributed by atoms with Gasteiger partial charge in [-0.2, -0.15) is 0 Å². The van der Waals surface area contributed by atoms with Crippen LogP contribution in [0.5, 0.6) is 0 Å². The molecule has 2 nitrogen and oxygen atoms in total. The van der Waals surface area contributed by atoms with Gasteiger partial charge in [0.15, 0.2) is 0 Å². The molecule has 17 heavy (non-hydrogen) atoms. The maximum absolute atomic E-state index is 5.96. The molecule has 1 atom stereocenters. The minimum Gasteiger partial charge on any atom is -0.311 e. The maximum Gasteiger partial charge on any atom is 0.0931 e. The fourth-order valence-corrected chi connectivity index (χ4v) is 3.59. The molecule has 0 amide bonds. The molecule has 0 aliphatic carbocycles. The van der Waals surface area contributed by atoms with Crippen LogP contribution < -0.4 is 5.32 Å². The van der Waals surface area contributed by atoms with E-state index in [1.54, 1.807) is 11.3 Å². The van der Waals surface area contributed by atoms with Crippen molar-refractivity contribution in [1.29, 1.82) is 0 Å². The minimum atomic E-state index is 0.580. The molecule has 4 heteroatoms. The molecule has 0 radical (unpaired) electrons. The Bertz CT molecular complexity index is 351. The average molecular weight is 273 g/mol. The zero-order valence-electron chi connectivity index (χ0n) is 10.6. The Hall–Kier alpha value is -0.0900. The Kier molecular flexibility index (Phi) is 4.86. The van der Waals surface area contributed by atoms with Gasteiger partial charge in [-0.05, 0) is 31.5 Å². The topological polar surface area (TPSA) is 15.3 Å². The minimum absolute atomic E-state index is 0.580. The molecular formula is C13H21ClN2S. The first kappa shape index (κ1) is 13.3. The summed E-state index contributed by atoms with van der Waals surface area (Å²) in [6.45, 7) is 7.86. The van der Waals surface area contributed by atoms with Gasteiger partial charge >= 0.3 is 0 Å². The number of rotatable bonds is 4. The van der Waals surface area contributed by atoms with Gasteiger partial charge in [-0.15, -0.1) is 11.3 Å². The van der Waals surface area contributed by atoms with Crippen LogP contribution in [0.25, 0.3) is 0 Å². The summed E-state index contributed by atoms with van der Waals surface area (Å²) in [5, 5.41) is 3.64. The summed E-state index contributed by atoms with van der Waals surface area (Å²) in [6.07, 6.45) is 2.60. The number of halogens is 1. The first-order valence-electron chi connectivity index (χ1n) is 6.36. The summed E-state index contributed by atoms with van der Waals surface area (Å²) < 4.78 is 0.897. The van der Waals surface area contributed by atoms with Gasteiger partial charge in [-0.25, -0.2) is 0 Å². The highest BCUT2D eigenvalue weighted by atomic mass is 35.5. The highest BCUT2D eigenvalue weighted by molar-refractivity contribution is 7.16. The smallest absolute Gasteiger partial charge is 0.0931 e. The van der Waals surface area contributed by atoms with Gasteiger partial charge in [0.2, 0.25) is 0 Å². The van der Waals surface area contributed by atoms with Crippen LogP contribution in [0.4, 0.5) is 0 Å². The number of nitrogens with one attached hydrogen (secondary N) is 1. The Morgan fingerprint density at radius 3 is 3.00 bits per heavy atom. The highest BCUT2D eigenvalue weighted by Crippen LogP contribution is 2.24. The standard InChI is InChI=1S/C13H21ClN2S/c1-10(2)15-11-4-3-7-16(8-11)9-12-5-6-13(14)17-12/h5-6,10-11,15H,3-4,7-9H2,1-2H3. The second kappa shape index (κ2) is 6.19. The van der Waals surface area contributed by atoms with E-state index in [0.29, 0.717) is 12.1 Å². The van der Waals surface area contributed by atoms with Crippen molar-refractivity contribution >= 4 is 22.9 Å². The molecule has 2 heterocycles. The zero-order valence-corrected chi connectivity index (χ0v) is 12.2. The molecular weight excluding hydrogens is 252 g/mol. The van der Waals surface area contributed by atoms with Crippen LogP contribution in [0.3, 0.4) is 0 Å². The van der Waals surface area contributed by atoms with Crippen LogP contribution in [0, 0.1) is 0 Å². The van der Waals surface area contributed by atoms with Crippen molar-refractivity contribution in [2.45, 2.75) is 45.3 Å².